The van der Waals surface area contributed by atoms with Crippen LogP contribution in [-0.2, 0) is 6.42 Å². The molecule has 0 spiro atoms. The molecule has 0 amide bonds. The third-order valence-electron chi connectivity index (χ3n) is 8.03. The maximum absolute atomic E-state index is 2.47. The molecule has 1 atom stereocenters. The number of allylic oxidation sites excluding steroid dienone is 1. The maximum atomic E-state index is 2.47. The highest BCUT2D eigenvalue weighted by molar-refractivity contribution is 6.27. The third kappa shape index (κ3) is 2.87. The molecule has 176 valence electrons. The van der Waals surface area contributed by atoms with Gasteiger partial charge in [0.15, 0.2) is 0 Å². The standard InChI is InChI=1S/C35H26N2/c1-23-16-19-30-29(22-23)34-31(36(30)25-11-4-2-5-12-25)20-21-32-33(34)28-18-17-24-10-8-9-15-27(24)35(28)37(32)26-13-6-3-7-14-26/h2-21,23H,22H2,1H3. The van der Waals surface area contributed by atoms with Crippen molar-refractivity contribution in [3.8, 4) is 11.4 Å². The highest BCUT2D eigenvalue weighted by atomic mass is 15.0. The van der Waals surface area contributed by atoms with Crippen LogP contribution in [-0.4, -0.2) is 9.13 Å². The van der Waals surface area contributed by atoms with Gasteiger partial charge in [0.2, 0.25) is 0 Å². The molecule has 5 aromatic carbocycles. The molecule has 37 heavy (non-hydrogen) atoms. The lowest BCUT2D eigenvalue weighted by Crippen LogP contribution is -2.05. The topological polar surface area (TPSA) is 9.86 Å². The van der Waals surface area contributed by atoms with Crippen molar-refractivity contribution in [1.29, 1.82) is 0 Å². The van der Waals surface area contributed by atoms with Gasteiger partial charge >= 0.3 is 0 Å². The number of aromatic nitrogens is 2. The van der Waals surface area contributed by atoms with Crippen LogP contribution in [0.5, 0.6) is 0 Å². The van der Waals surface area contributed by atoms with E-state index in [1.54, 1.807) is 0 Å². The molecule has 7 aromatic rings. The van der Waals surface area contributed by atoms with Gasteiger partial charge in [0.05, 0.1) is 16.6 Å². The molecule has 0 N–H and O–H groups in total. The smallest absolute Gasteiger partial charge is 0.0619 e. The van der Waals surface area contributed by atoms with Gasteiger partial charge in [-0.1, -0.05) is 85.8 Å². The second kappa shape index (κ2) is 7.72. The van der Waals surface area contributed by atoms with Gasteiger partial charge in [-0.3, -0.25) is 0 Å². The van der Waals surface area contributed by atoms with E-state index in [1.165, 1.54) is 66.1 Å². The summed E-state index contributed by atoms with van der Waals surface area (Å²) < 4.78 is 4.93. The van der Waals surface area contributed by atoms with Crippen molar-refractivity contribution < 1.29 is 0 Å². The molecule has 1 aliphatic carbocycles. The number of hydrogen-bond donors (Lipinski definition) is 0. The Hall–Kier alpha value is -4.56. The van der Waals surface area contributed by atoms with Gasteiger partial charge in [-0.05, 0) is 65.8 Å². The van der Waals surface area contributed by atoms with Crippen LogP contribution >= 0.6 is 0 Å². The van der Waals surface area contributed by atoms with Gasteiger partial charge in [0.25, 0.3) is 0 Å². The zero-order valence-corrected chi connectivity index (χ0v) is 20.7. The van der Waals surface area contributed by atoms with Crippen LogP contribution < -0.4 is 0 Å². The van der Waals surface area contributed by atoms with Crippen molar-refractivity contribution in [3.05, 3.63) is 127 Å². The summed E-state index contributed by atoms with van der Waals surface area (Å²) in [5.74, 6) is 0.515. The Bertz CT molecular complexity index is 2000. The molecular formula is C35H26N2. The molecule has 0 saturated carbocycles. The summed E-state index contributed by atoms with van der Waals surface area (Å²) in [5.41, 5.74) is 9.01. The van der Waals surface area contributed by atoms with Crippen LogP contribution in [0.3, 0.4) is 0 Å². The number of benzene rings is 5. The average Bonchev–Trinajstić information content (AvgIpc) is 3.46. The minimum atomic E-state index is 0.515. The molecule has 0 fully saturated rings. The molecule has 0 bridgehead atoms. The Morgan fingerprint density at radius 1 is 0.595 bits per heavy atom. The lowest BCUT2D eigenvalue weighted by atomic mass is 9.91. The zero-order valence-electron chi connectivity index (χ0n) is 20.7. The number of rotatable bonds is 2. The fourth-order valence-electron chi connectivity index (χ4n) is 6.47. The summed E-state index contributed by atoms with van der Waals surface area (Å²) >= 11 is 0. The van der Waals surface area contributed by atoms with E-state index in [0.717, 1.165) is 6.42 Å². The monoisotopic (exact) mass is 474 g/mol. The normalized spacial score (nSPS) is 15.2. The second-order valence-corrected chi connectivity index (χ2v) is 10.3. The molecule has 2 heterocycles. The molecule has 2 aromatic heterocycles. The van der Waals surface area contributed by atoms with Crippen LogP contribution in [0.1, 0.15) is 18.2 Å². The predicted octanol–water partition coefficient (Wildman–Crippen LogP) is 9.09. The Morgan fingerprint density at radius 2 is 1.24 bits per heavy atom. The molecule has 2 heteroatoms. The Balaban J connectivity index is 1.63. The van der Waals surface area contributed by atoms with Crippen LogP contribution in [0.4, 0.5) is 0 Å². The molecule has 8 rings (SSSR count). The van der Waals surface area contributed by atoms with E-state index >= 15 is 0 Å². The van der Waals surface area contributed by atoms with Gasteiger partial charge < -0.3 is 9.13 Å². The highest BCUT2D eigenvalue weighted by Gasteiger charge is 2.25. The van der Waals surface area contributed by atoms with Crippen molar-refractivity contribution in [1.82, 2.24) is 9.13 Å². The van der Waals surface area contributed by atoms with Gasteiger partial charge in [-0.2, -0.15) is 0 Å². The molecule has 0 aliphatic heterocycles. The molecule has 1 aliphatic rings. The number of hydrogen-bond acceptors (Lipinski definition) is 0. The molecule has 0 saturated heterocycles. The van der Waals surface area contributed by atoms with Crippen molar-refractivity contribution in [2.24, 2.45) is 5.92 Å². The minimum absolute atomic E-state index is 0.515. The molecular weight excluding hydrogens is 448 g/mol. The van der Waals surface area contributed by atoms with Crippen LogP contribution in [0.2, 0.25) is 0 Å². The summed E-state index contributed by atoms with van der Waals surface area (Å²) in [6, 6.07) is 39.7. The van der Waals surface area contributed by atoms with Gasteiger partial charge in [-0.15, -0.1) is 0 Å². The zero-order chi connectivity index (χ0) is 24.5. The summed E-state index contributed by atoms with van der Waals surface area (Å²) in [6.45, 7) is 2.33. The van der Waals surface area contributed by atoms with E-state index in [9.17, 15) is 0 Å². The molecule has 2 nitrogen and oxygen atoms in total. The quantitative estimate of drug-likeness (QED) is 0.236. The lowest BCUT2D eigenvalue weighted by molar-refractivity contribution is 0.718. The third-order valence-corrected chi connectivity index (χ3v) is 8.03. The number of fused-ring (bicyclic) bond motifs is 9. The number of para-hydroxylation sites is 2. The first kappa shape index (κ1) is 20.6. The summed E-state index contributed by atoms with van der Waals surface area (Å²) in [5, 5.41) is 6.63. The fourth-order valence-corrected chi connectivity index (χ4v) is 6.47. The van der Waals surface area contributed by atoms with Gasteiger partial charge in [0.1, 0.15) is 0 Å². The summed E-state index contributed by atoms with van der Waals surface area (Å²) in [7, 11) is 0. The highest BCUT2D eigenvalue weighted by Crippen LogP contribution is 2.44. The van der Waals surface area contributed by atoms with Gasteiger partial charge in [-0.25, -0.2) is 0 Å². The fraction of sp³-hybridized carbons (Fsp3) is 0.0857. The summed E-state index contributed by atoms with van der Waals surface area (Å²) in [6.07, 6.45) is 5.75. The predicted molar refractivity (Wildman–Crippen MR) is 157 cm³/mol. The first-order valence-electron chi connectivity index (χ1n) is 13.1. The average molecular weight is 475 g/mol. The Labute approximate surface area is 215 Å². The Kier molecular flexibility index (Phi) is 4.30. The van der Waals surface area contributed by atoms with Crippen molar-refractivity contribution in [2.75, 3.05) is 0 Å². The molecule has 1 unspecified atom stereocenters. The SMILES string of the molecule is CC1C=Cc2c(c3c4c5ccc6ccccc6c5n(-c5ccccc5)c4ccc3n2-c2ccccc2)C1. The largest absolute Gasteiger partial charge is 0.310 e. The van der Waals surface area contributed by atoms with Gasteiger partial charge in [0, 0.05) is 38.6 Å². The first-order chi connectivity index (χ1) is 18.3. The van der Waals surface area contributed by atoms with E-state index < -0.39 is 0 Å². The van der Waals surface area contributed by atoms with E-state index in [0.29, 0.717) is 5.92 Å². The van der Waals surface area contributed by atoms with Crippen molar-refractivity contribution >= 4 is 49.6 Å². The Morgan fingerprint density at radius 3 is 2.00 bits per heavy atom. The number of nitrogens with zero attached hydrogens (tertiary/aromatic N) is 2. The summed E-state index contributed by atoms with van der Waals surface area (Å²) in [4.78, 5) is 0. The lowest BCUT2D eigenvalue weighted by Gasteiger charge is -2.15. The van der Waals surface area contributed by atoms with E-state index in [-0.39, 0.29) is 0 Å². The maximum Gasteiger partial charge on any atom is 0.0619 e. The van der Waals surface area contributed by atoms with Crippen molar-refractivity contribution in [3.63, 3.8) is 0 Å². The van der Waals surface area contributed by atoms with E-state index in [4.69, 9.17) is 0 Å². The minimum Gasteiger partial charge on any atom is -0.310 e. The van der Waals surface area contributed by atoms with E-state index in [2.05, 4.69) is 137 Å². The first-order valence-corrected chi connectivity index (χ1v) is 13.1. The van der Waals surface area contributed by atoms with Crippen LogP contribution in [0, 0.1) is 5.92 Å². The van der Waals surface area contributed by atoms with Crippen molar-refractivity contribution in [2.45, 2.75) is 13.3 Å². The van der Waals surface area contributed by atoms with Crippen LogP contribution in [0.15, 0.2) is 115 Å². The van der Waals surface area contributed by atoms with E-state index in [1.807, 2.05) is 0 Å². The molecule has 0 radical (unpaired) electrons. The van der Waals surface area contributed by atoms with Crippen LogP contribution in [0.25, 0.3) is 60.9 Å². The second-order valence-electron chi connectivity index (χ2n) is 10.3.